The van der Waals surface area contributed by atoms with Crippen molar-refractivity contribution in [2.24, 2.45) is 0 Å². The number of unbranched alkanes of at least 4 members (excludes halogenated alkanes) is 11. The summed E-state index contributed by atoms with van der Waals surface area (Å²) in [6.07, 6.45) is 16.0. The summed E-state index contributed by atoms with van der Waals surface area (Å²) in [5.74, 6) is -0.108. The number of likely N-dealkylation sites (N-methyl/N-ethyl adjacent to an activating group) is 1. The van der Waals surface area contributed by atoms with Gasteiger partial charge < -0.3 is 4.74 Å². The van der Waals surface area contributed by atoms with Gasteiger partial charge in [-0.05, 0) is 20.5 Å². The van der Waals surface area contributed by atoms with Gasteiger partial charge in [0.25, 0.3) is 0 Å². The molecule has 0 saturated carbocycles. The highest BCUT2D eigenvalue weighted by atomic mass is 16.5. The molecule has 0 aliphatic heterocycles. The molecular formula is C18H37NO2. The van der Waals surface area contributed by atoms with Gasteiger partial charge in [0.05, 0.1) is 13.2 Å². The van der Waals surface area contributed by atoms with Gasteiger partial charge in [-0.3, -0.25) is 9.69 Å². The number of rotatable bonds is 15. The third-order valence-corrected chi connectivity index (χ3v) is 3.71. The van der Waals surface area contributed by atoms with Crippen LogP contribution < -0.4 is 0 Å². The Morgan fingerprint density at radius 2 is 1.19 bits per heavy atom. The van der Waals surface area contributed by atoms with Crippen LogP contribution in [0.2, 0.25) is 0 Å². The summed E-state index contributed by atoms with van der Waals surface area (Å²) in [4.78, 5) is 13.1. The first-order valence-electron chi connectivity index (χ1n) is 8.97. The van der Waals surface area contributed by atoms with Crippen molar-refractivity contribution in [1.29, 1.82) is 0 Å². The molecule has 0 saturated heterocycles. The lowest BCUT2D eigenvalue weighted by Gasteiger charge is -2.09. The van der Waals surface area contributed by atoms with Gasteiger partial charge in [0.15, 0.2) is 0 Å². The molecule has 0 N–H and O–H groups in total. The van der Waals surface area contributed by atoms with Gasteiger partial charge in [0.1, 0.15) is 0 Å². The lowest BCUT2D eigenvalue weighted by Crippen LogP contribution is -2.23. The van der Waals surface area contributed by atoms with Crippen molar-refractivity contribution in [3.63, 3.8) is 0 Å². The SMILES string of the molecule is CCCCCCCCCCCCCCOC(=O)CN(C)C. The Bertz CT molecular complexity index is 229. The summed E-state index contributed by atoms with van der Waals surface area (Å²) in [6.45, 7) is 3.24. The Morgan fingerprint density at radius 1 is 0.762 bits per heavy atom. The largest absolute Gasteiger partial charge is 0.465 e. The number of carbonyl (C=O) groups excluding carboxylic acids is 1. The lowest BCUT2D eigenvalue weighted by molar-refractivity contribution is -0.144. The van der Waals surface area contributed by atoms with E-state index in [0.717, 1.165) is 6.42 Å². The smallest absolute Gasteiger partial charge is 0.320 e. The molecule has 0 aromatic carbocycles. The van der Waals surface area contributed by atoms with E-state index in [4.69, 9.17) is 4.74 Å². The predicted molar refractivity (Wildman–Crippen MR) is 90.6 cm³/mol. The van der Waals surface area contributed by atoms with Crippen LogP contribution in [0.1, 0.15) is 84.0 Å². The summed E-state index contributed by atoms with van der Waals surface area (Å²) in [7, 11) is 3.76. The minimum atomic E-state index is -0.108. The number of carbonyl (C=O) groups is 1. The molecule has 0 aromatic rings. The number of hydrogen-bond acceptors (Lipinski definition) is 3. The number of esters is 1. The Labute approximate surface area is 132 Å². The van der Waals surface area contributed by atoms with E-state index in [1.807, 2.05) is 19.0 Å². The van der Waals surface area contributed by atoms with Crippen LogP contribution in [0.3, 0.4) is 0 Å². The van der Waals surface area contributed by atoms with Crippen molar-refractivity contribution in [2.75, 3.05) is 27.2 Å². The highest BCUT2D eigenvalue weighted by Gasteiger charge is 2.03. The average molecular weight is 299 g/mol. The van der Waals surface area contributed by atoms with E-state index < -0.39 is 0 Å². The molecule has 0 aromatic heterocycles. The van der Waals surface area contributed by atoms with Crippen LogP contribution in [0.25, 0.3) is 0 Å². The van der Waals surface area contributed by atoms with Gasteiger partial charge in [-0.15, -0.1) is 0 Å². The normalized spacial score (nSPS) is 11.0. The Hall–Kier alpha value is -0.570. The van der Waals surface area contributed by atoms with Gasteiger partial charge in [-0.25, -0.2) is 0 Å². The summed E-state index contributed by atoms with van der Waals surface area (Å²) < 4.78 is 5.16. The molecule has 0 amide bonds. The van der Waals surface area contributed by atoms with Crippen LogP contribution in [0.15, 0.2) is 0 Å². The molecule has 3 heteroatoms. The minimum absolute atomic E-state index is 0.108. The van der Waals surface area contributed by atoms with Gasteiger partial charge in [-0.1, -0.05) is 77.6 Å². The van der Waals surface area contributed by atoms with Crippen molar-refractivity contribution in [3.05, 3.63) is 0 Å². The molecule has 3 nitrogen and oxygen atoms in total. The second kappa shape index (κ2) is 15.8. The van der Waals surface area contributed by atoms with E-state index in [1.165, 1.54) is 70.6 Å². The Balaban J connectivity index is 3.07. The average Bonchev–Trinajstić information content (AvgIpc) is 2.43. The van der Waals surface area contributed by atoms with Gasteiger partial charge >= 0.3 is 5.97 Å². The van der Waals surface area contributed by atoms with Crippen LogP contribution in [0.5, 0.6) is 0 Å². The molecule has 0 radical (unpaired) electrons. The molecule has 21 heavy (non-hydrogen) atoms. The van der Waals surface area contributed by atoms with Gasteiger partial charge in [0, 0.05) is 0 Å². The van der Waals surface area contributed by atoms with Crippen molar-refractivity contribution < 1.29 is 9.53 Å². The Kier molecular flexibility index (Phi) is 15.4. The maximum Gasteiger partial charge on any atom is 0.320 e. The Morgan fingerprint density at radius 3 is 1.62 bits per heavy atom. The maximum absolute atomic E-state index is 11.3. The van der Waals surface area contributed by atoms with Crippen molar-refractivity contribution >= 4 is 5.97 Å². The van der Waals surface area contributed by atoms with Crippen molar-refractivity contribution in [2.45, 2.75) is 84.0 Å². The monoisotopic (exact) mass is 299 g/mol. The van der Waals surface area contributed by atoms with E-state index in [9.17, 15) is 4.79 Å². The predicted octanol–water partition coefficient (Wildman–Crippen LogP) is 4.79. The van der Waals surface area contributed by atoms with Crippen LogP contribution in [-0.2, 0) is 9.53 Å². The van der Waals surface area contributed by atoms with E-state index in [2.05, 4.69) is 6.92 Å². The van der Waals surface area contributed by atoms with E-state index in [0.29, 0.717) is 13.2 Å². The zero-order chi connectivity index (χ0) is 15.8. The van der Waals surface area contributed by atoms with Crippen LogP contribution in [0.4, 0.5) is 0 Å². The number of nitrogens with zero attached hydrogens (tertiary/aromatic N) is 1. The van der Waals surface area contributed by atoms with Gasteiger partial charge in [0.2, 0.25) is 0 Å². The fourth-order valence-corrected chi connectivity index (χ4v) is 2.43. The molecule has 0 heterocycles. The molecule has 0 aliphatic rings. The van der Waals surface area contributed by atoms with Crippen LogP contribution in [0, 0.1) is 0 Å². The molecule has 126 valence electrons. The molecule has 0 bridgehead atoms. The van der Waals surface area contributed by atoms with E-state index in [-0.39, 0.29) is 5.97 Å². The number of hydrogen-bond donors (Lipinski definition) is 0. The molecule has 0 fully saturated rings. The van der Waals surface area contributed by atoms with Gasteiger partial charge in [-0.2, -0.15) is 0 Å². The first-order valence-corrected chi connectivity index (χ1v) is 8.97. The first kappa shape index (κ1) is 20.4. The molecule has 0 atom stereocenters. The summed E-state index contributed by atoms with van der Waals surface area (Å²) >= 11 is 0. The summed E-state index contributed by atoms with van der Waals surface area (Å²) in [5, 5.41) is 0. The quantitative estimate of drug-likeness (QED) is 0.321. The topological polar surface area (TPSA) is 29.5 Å². The first-order chi connectivity index (χ1) is 10.2. The molecule has 0 aliphatic carbocycles. The van der Waals surface area contributed by atoms with Crippen LogP contribution >= 0.6 is 0 Å². The molecule has 0 spiro atoms. The van der Waals surface area contributed by atoms with E-state index in [1.54, 1.807) is 0 Å². The van der Waals surface area contributed by atoms with Crippen molar-refractivity contribution in [3.8, 4) is 0 Å². The minimum Gasteiger partial charge on any atom is -0.465 e. The zero-order valence-corrected chi connectivity index (χ0v) is 14.7. The number of ether oxygens (including phenoxy) is 1. The highest BCUT2D eigenvalue weighted by molar-refractivity contribution is 5.71. The molecular weight excluding hydrogens is 262 g/mol. The standard InChI is InChI=1S/C18H37NO2/c1-4-5-6-7-8-9-10-11-12-13-14-15-16-21-18(20)17-19(2)3/h4-17H2,1-3H3. The second-order valence-electron chi connectivity index (χ2n) is 6.35. The van der Waals surface area contributed by atoms with E-state index >= 15 is 0 Å². The third-order valence-electron chi connectivity index (χ3n) is 3.71. The second-order valence-corrected chi connectivity index (χ2v) is 6.35. The fraction of sp³-hybridized carbons (Fsp3) is 0.944. The molecule has 0 rings (SSSR count). The fourth-order valence-electron chi connectivity index (χ4n) is 2.43. The molecule has 0 unspecified atom stereocenters. The van der Waals surface area contributed by atoms with Crippen LogP contribution in [-0.4, -0.2) is 38.1 Å². The summed E-state index contributed by atoms with van der Waals surface area (Å²) in [6, 6.07) is 0. The third kappa shape index (κ3) is 17.4. The zero-order valence-electron chi connectivity index (χ0n) is 14.7. The lowest BCUT2D eigenvalue weighted by atomic mass is 10.1. The maximum atomic E-state index is 11.3. The summed E-state index contributed by atoms with van der Waals surface area (Å²) in [5.41, 5.74) is 0. The van der Waals surface area contributed by atoms with Crippen molar-refractivity contribution in [1.82, 2.24) is 4.90 Å². The highest BCUT2D eigenvalue weighted by Crippen LogP contribution is 2.11.